The Hall–Kier alpha value is -1.05. The lowest BCUT2D eigenvalue weighted by Gasteiger charge is -2.05. The van der Waals surface area contributed by atoms with E-state index in [1.165, 1.54) is 11.3 Å². The zero-order valence-electron chi connectivity index (χ0n) is 10.0. The number of hydrogen-bond donors (Lipinski definition) is 2. The summed E-state index contributed by atoms with van der Waals surface area (Å²) in [5.74, 6) is -0.186. The van der Waals surface area contributed by atoms with Crippen molar-refractivity contribution in [1.29, 1.82) is 0 Å². The number of carboxylic acids is 1. The van der Waals surface area contributed by atoms with E-state index < -0.39 is 5.97 Å². The molecule has 0 fully saturated rings. The minimum absolute atomic E-state index is 0.277. The first-order chi connectivity index (χ1) is 8.97. The van der Waals surface area contributed by atoms with E-state index in [4.69, 9.17) is 10.8 Å². The highest BCUT2D eigenvalue weighted by atomic mass is 79.9. The van der Waals surface area contributed by atoms with Gasteiger partial charge in [-0.15, -0.1) is 11.8 Å². The van der Waals surface area contributed by atoms with Crippen molar-refractivity contribution in [2.75, 3.05) is 5.73 Å². The molecule has 1 heterocycles. The molecule has 0 aliphatic rings. The Morgan fingerprint density at radius 1 is 1.58 bits per heavy atom. The summed E-state index contributed by atoms with van der Waals surface area (Å²) in [5, 5.41) is 9.47. The number of aromatic nitrogens is 1. The number of aromatic carboxylic acids is 1. The van der Waals surface area contributed by atoms with E-state index >= 15 is 0 Å². The summed E-state index contributed by atoms with van der Waals surface area (Å²) in [6.45, 7) is 1.93. The second-order valence-corrected chi connectivity index (χ2v) is 6.95. The van der Waals surface area contributed by atoms with Crippen LogP contribution in [0.2, 0.25) is 0 Å². The molecule has 0 saturated heterocycles. The third-order valence-corrected chi connectivity index (χ3v) is 5.57. The highest BCUT2D eigenvalue weighted by molar-refractivity contribution is 9.10. The first kappa shape index (κ1) is 14.4. The van der Waals surface area contributed by atoms with Crippen molar-refractivity contribution < 1.29 is 9.90 Å². The molecular weight excluding hydrogens is 348 g/mol. The smallest absolute Gasteiger partial charge is 0.335 e. The Morgan fingerprint density at radius 3 is 2.84 bits per heavy atom. The van der Waals surface area contributed by atoms with Crippen LogP contribution in [0.25, 0.3) is 0 Å². The summed E-state index contributed by atoms with van der Waals surface area (Å²) in [6, 6.07) is 5.04. The summed E-state index contributed by atoms with van der Waals surface area (Å²) in [6.07, 6.45) is 0. The van der Waals surface area contributed by atoms with Crippen LogP contribution in [0.1, 0.15) is 21.6 Å². The van der Waals surface area contributed by atoms with Gasteiger partial charge in [0.05, 0.1) is 15.5 Å². The van der Waals surface area contributed by atoms with Gasteiger partial charge < -0.3 is 10.8 Å². The van der Waals surface area contributed by atoms with Gasteiger partial charge in [0.1, 0.15) is 0 Å². The minimum atomic E-state index is -0.925. The second kappa shape index (κ2) is 5.94. The zero-order chi connectivity index (χ0) is 14.0. The van der Waals surface area contributed by atoms with Gasteiger partial charge >= 0.3 is 5.97 Å². The van der Waals surface area contributed by atoms with Gasteiger partial charge in [0, 0.05) is 10.2 Å². The number of rotatable bonds is 4. The third kappa shape index (κ3) is 3.49. The maximum Gasteiger partial charge on any atom is 0.335 e. The Bertz CT molecular complexity index is 628. The Kier molecular flexibility index (Phi) is 4.49. The van der Waals surface area contributed by atoms with Gasteiger partial charge in [0.15, 0.2) is 5.13 Å². The molecule has 19 heavy (non-hydrogen) atoms. The van der Waals surface area contributed by atoms with Crippen LogP contribution in [0.4, 0.5) is 5.13 Å². The summed E-state index contributed by atoms with van der Waals surface area (Å²) >= 11 is 6.51. The van der Waals surface area contributed by atoms with Gasteiger partial charge in [0.25, 0.3) is 0 Å². The van der Waals surface area contributed by atoms with E-state index in [-0.39, 0.29) is 5.56 Å². The predicted octanol–water partition coefficient (Wildman–Crippen LogP) is 3.79. The first-order valence-corrected chi connectivity index (χ1v) is 7.94. The van der Waals surface area contributed by atoms with Crippen molar-refractivity contribution in [3.63, 3.8) is 0 Å². The van der Waals surface area contributed by atoms with Gasteiger partial charge in [-0.1, -0.05) is 33.3 Å². The maximum atomic E-state index is 10.8. The van der Waals surface area contributed by atoms with Crippen LogP contribution < -0.4 is 5.73 Å². The van der Waals surface area contributed by atoms with E-state index in [1.54, 1.807) is 23.9 Å². The minimum Gasteiger partial charge on any atom is -0.478 e. The monoisotopic (exact) mass is 358 g/mol. The number of hydrogen-bond acceptors (Lipinski definition) is 5. The lowest BCUT2D eigenvalue weighted by atomic mass is 10.1. The number of carbonyl (C=O) groups is 1. The molecule has 0 bridgehead atoms. The summed E-state index contributed by atoms with van der Waals surface area (Å²) in [5.41, 5.74) is 7.91. The van der Waals surface area contributed by atoms with Gasteiger partial charge in [-0.05, 0) is 24.6 Å². The summed E-state index contributed by atoms with van der Waals surface area (Å²) < 4.78 is 1.89. The molecule has 0 saturated carbocycles. The molecule has 0 spiro atoms. The van der Waals surface area contributed by atoms with Crippen molar-refractivity contribution >= 4 is 50.1 Å². The van der Waals surface area contributed by atoms with Crippen molar-refractivity contribution in [3.05, 3.63) is 39.5 Å². The number of benzene rings is 1. The van der Waals surface area contributed by atoms with E-state index in [2.05, 4.69) is 20.9 Å². The number of carboxylic acid groups (broad SMARTS) is 1. The third-order valence-electron chi connectivity index (χ3n) is 2.43. The number of nitrogens with zero attached hydrogens (tertiary/aromatic N) is 1. The molecule has 0 radical (unpaired) electrons. The quantitative estimate of drug-likeness (QED) is 0.813. The molecule has 1 aromatic carbocycles. The SMILES string of the molecule is Cc1nc(N)sc1SCc1ccc(C(=O)O)cc1Br. The predicted molar refractivity (Wildman–Crippen MR) is 81.9 cm³/mol. The molecule has 100 valence electrons. The molecule has 0 atom stereocenters. The summed E-state index contributed by atoms with van der Waals surface area (Å²) in [7, 11) is 0. The molecule has 4 nitrogen and oxygen atoms in total. The molecule has 0 aliphatic heterocycles. The van der Waals surface area contributed by atoms with Crippen LogP contribution in [0.15, 0.2) is 26.9 Å². The first-order valence-electron chi connectivity index (χ1n) is 5.35. The number of aryl methyl sites for hydroxylation is 1. The number of thiazole rings is 1. The molecule has 2 aromatic rings. The standard InChI is InChI=1S/C12H11BrN2O2S2/c1-6-11(19-12(14)15-6)18-5-8-3-2-7(10(16)17)4-9(8)13/h2-4H,5H2,1H3,(H2,14,15)(H,16,17). The van der Waals surface area contributed by atoms with E-state index in [0.29, 0.717) is 5.13 Å². The Morgan fingerprint density at radius 2 is 2.32 bits per heavy atom. The fraction of sp³-hybridized carbons (Fsp3) is 0.167. The number of thioether (sulfide) groups is 1. The molecule has 0 unspecified atom stereocenters. The van der Waals surface area contributed by atoms with E-state index in [1.807, 2.05) is 13.0 Å². The van der Waals surface area contributed by atoms with Crippen LogP contribution in [-0.4, -0.2) is 16.1 Å². The molecule has 1 aromatic heterocycles. The van der Waals surface area contributed by atoms with Crippen LogP contribution in [0, 0.1) is 6.92 Å². The lowest BCUT2D eigenvalue weighted by molar-refractivity contribution is 0.0697. The van der Waals surface area contributed by atoms with Gasteiger partial charge in [0.2, 0.25) is 0 Å². The molecule has 3 N–H and O–H groups in total. The number of nitrogen functional groups attached to an aromatic ring is 1. The fourth-order valence-electron chi connectivity index (χ4n) is 1.48. The molecule has 7 heteroatoms. The average molecular weight is 359 g/mol. The highest BCUT2D eigenvalue weighted by Gasteiger charge is 2.10. The number of nitrogens with two attached hydrogens (primary N) is 1. The van der Waals surface area contributed by atoms with E-state index in [0.717, 1.165) is 25.7 Å². The van der Waals surface area contributed by atoms with Gasteiger partial charge in [-0.3, -0.25) is 0 Å². The number of anilines is 1. The fourth-order valence-corrected chi connectivity index (χ4v) is 4.21. The average Bonchev–Trinajstić information content (AvgIpc) is 2.66. The highest BCUT2D eigenvalue weighted by Crippen LogP contribution is 2.34. The van der Waals surface area contributed by atoms with Gasteiger partial charge in [-0.25, -0.2) is 9.78 Å². The van der Waals surface area contributed by atoms with Crippen molar-refractivity contribution in [3.8, 4) is 0 Å². The van der Waals surface area contributed by atoms with Crippen molar-refractivity contribution in [2.45, 2.75) is 16.9 Å². The van der Waals surface area contributed by atoms with E-state index in [9.17, 15) is 4.79 Å². The van der Waals surface area contributed by atoms with Crippen LogP contribution in [-0.2, 0) is 5.75 Å². The molecule has 0 aliphatic carbocycles. The zero-order valence-corrected chi connectivity index (χ0v) is 13.2. The van der Waals surface area contributed by atoms with Crippen molar-refractivity contribution in [2.24, 2.45) is 0 Å². The van der Waals surface area contributed by atoms with Crippen LogP contribution in [0.5, 0.6) is 0 Å². The maximum absolute atomic E-state index is 10.8. The summed E-state index contributed by atoms with van der Waals surface area (Å²) in [4.78, 5) is 15.0. The molecular formula is C12H11BrN2O2S2. The molecule has 0 amide bonds. The second-order valence-electron chi connectivity index (χ2n) is 3.82. The van der Waals surface area contributed by atoms with Crippen LogP contribution >= 0.6 is 39.0 Å². The lowest BCUT2D eigenvalue weighted by Crippen LogP contribution is -1.96. The largest absolute Gasteiger partial charge is 0.478 e. The molecule has 2 rings (SSSR count). The van der Waals surface area contributed by atoms with Crippen molar-refractivity contribution in [1.82, 2.24) is 4.98 Å². The van der Waals surface area contributed by atoms with Crippen LogP contribution in [0.3, 0.4) is 0 Å². The topological polar surface area (TPSA) is 76.2 Å². The Balaban J connectivity index is 2.12. The number of halogens is 1. The Labute approximate surface area is 127 Å². The normalized spacial score (nSPS) is 10.6. The van der Waals surface area contributed by atoms with Gasteiger partial charge in [-0.2, -0.15) is 0 Å².